The highest BCUT2D eigenvalue weighted by Crippen LogP contribution is 2.35. The average Bonchev–Trinajstić information content (AvgIpc) is 3.05. The van der Waals surface area contributed by atoms with Gasteiger partial charge in [0.25, 0.3) is 0 Å². The average molecular weight is 347 g/mol. The SMILES string of the molecule is [2H]C(C)(C)c1ccc2c(n1)oc1c(-c3cc(C([2H])([2H])C(C)C)ccn3)cccc12. The number of para-hydroxylation sites is 1. The van der Waals surface area contributed by atoms with Crippen LogP contribution in [0.2, 0.25) is 0 Å². The van der Waals surface area contributed by atoms with Gasteiger partial charge in [0.1, 0.15) is 5.58 Å². The molecule has 1 aromatic carbocycles. The van der Waals surface area contributed by atoms with Gasteiger partial charge < -0.3 is 4.42 Å². The minimum atomic E-state index is -1.45. The fourth-order valence-corrected chi connectivity index (χ4v) is 3.16. The Bertz CT molecular complexity index is 1210. The molecule has 3 aromatic heterocycles. The van der Waals surface area contributed by atoms with Crippen LogP contribution in [0.3, 0.4) is 0 Å². The van der Waals surface area contributed by atoms with Gasteiger partial charge in [-0.2, -0.15) is 0 Å². The van der Waals surface area contributed by atoms with Crippen molar-refractivity contribution in [2.24, 2.45) is 5.92 Å². The van der Waals surface area contributed by atoms with Crippen molar-refractivity contribution in [2.75, 3.05) is 0 Å². The Morgan fingerprint density at radius 3 is 2.69 bits per heavy atom. The summed E-state index contributed by atoms with van der Waals surface area (Å²) in [4.78, 5) is 9.05. The normalized spacial score (nSPS) is 14.6. The molecule has 0 unspecified atom stereocenters. The fourth-order valence-electron chi connectivity index (χ4n) is 3.16. The zero-order valence-corrected chi connectivity index (χ0v) is 15.5. The molecule has 26 heavy (non-hydrogen) atoms. The maximum Gasteiger partial charge on any atom is 0.227 e. The van der Waals surface area contributed by atoms with Gasteiger partial charge >= 0.3 is 0 Å². The predicted octanol–water partition coefficient (Wildman–Crippen LogP) is 6.36. The molecule has 0 N–H and O–H groups in total. The van der Waals surface area contributed by atoms with Gasteiger partial charge in [-0.15, -0.1) is 0 Å². The van der Waals surface area contributed by atoms with Crippen LogP contribution in [0.1, 0.15) is 49.0 Å². The van der Waals surface area contributed by atoms with Crippen molar-refractivity contribution in [3.63, 3.8) is 0 Å². The molecule has 3 nitrogen and oxygen atoms in total. The van der Waals surface area contributed by atoms with E-state index in [-0.39, 0.29) is 5.92 Å². The number of hydrogen-bond acceptors (Lipinski definition) is 3. The molecule has 4 rings (SSSR count). The van der Waals surface area contributed by atoms with E-state index < -0.39 is 12.3 Å². The van der Waals surface area contributed by atoms with Gasteiger partial charge in [-0.1, -0.05) is 39.8 Å². The van der Waals surface area contributed by atoms with Gasteiger partial charge in [0.2, 0.25) is 5.71 Å². The standard InChI is InChI=1S/C23H24N2O/c1-14(2)12-16-10-11-24-21(13-16)19-7-5-6-17-18-8-9-20(15(3)4)25-23(18)26-22(17)19/h5-11,13-15H,12H2,1-4H3/i12D2,15D. The van der Waals surface area contributed by atoms with Crippen LogP contribution >= 0.6 is 0 Å². The van der Waals surface area contributed by atoms with E-state index in [0.29, 0.717) is 28.2 Å². The van der Waals surface area contributed by atoms with Gasteiger partial charge in [0.15, 0.2) is 0 Å². The zero-order chi connectivity index (χ0) is 21.0. The van der Waals surface area contributed by atoms with Crippen LogP contribution in [0.15, 0.2) is 53.1 Å². The first-order valence-electron chi connectivity index (χ1n) is 10.4. The van der Waals surface area contributed by atoms with Gasteiger partial charge in [-0.3, -0.25) is 4.98 Å². The Balaban J connectivity index is 1.91. The van der Waals surface area contributed by atoms with Crippen molar-refractivity contribution in [1.29, 1.82) is 0 Å². The summed E-state index contributed by atoms with van der Waals surface area (Å²) in [6.45, 7) is 7.34. The number of aromatic nitrogens is 2. The predicted molar refractivity (Wildman–Crippen MR) is 107 cm³/mol. The monoisotopic (exact) mass is 347 g/mol. The van der Waals surface area contributed by atoms with E-state index in [1.54, 1.807) is 32.2 Å². The van der Waals surface area contributed by atoms with Crippen LogP contribution in [-0.4, -0.2) is 9.97 Å². The first-order chi connectivity index (χ1) is 13.6. The largest absolute Gasteiger partial charge is 0.437 e. The minimum Gasteiger partial charge on any atom is -0.437 e. The summed E-state index contributed by atoms with van der Waals surface area (Å²) >= 11 is 0. The lowest BCUT2D eigenvalue weighted by molar-refractivity contribution is 0.646. The molecule has 3 heteroatoms. The van der Waals surface area contributed by atoms with Crippen molar-refractivity contribution in [2.45, 2.75) is 40.0 Å². The van der Waals surface area contributed by atoms with Crippen LogP contribution in [0, 0.1) is 5.92 Å². The van der Waals surface area contributed by atoms with Gasteiger partial charge in [-0.25, -0.2) is 4.98 Å². The molecule has 0 saturated heterocycles. The van der Waals surface area contributed by atoms with E-state index in [1.807, 2.05) is 44.2 Å². The molecule has 0 radical (unpaired) electrons. The van der Waals surface area contributed by atoms with E-state index in [0.717, 1.165) is 16.3 Å². The highest BCUT2D eigenvalue weighted by atomic mass is 16.3. The summed E-state index contributed by atoms with van der Waals surface area (Å²) < 4.78 is 31.1. The number of nitrogens with zero attached hydrogens (tertiary/aromatic N) is 2. The highest BCUT2D eigenvalue weighted by Gasteiger charge is 2.15. The molecular weight excluding hydrogens is 320 g/mol. The molecule has 0 atom stereocenters. The number of rotatable bonds is 4. The number of furan rings is 1. The molecule has 0 aliphatic carbocycles. The van der Waals surface area contributed by atoms with Crippen molar-refractivity contribution in [3.05, 3.63) is 59.9 Å². The number of fused-ring (bicyclic) bond motifs is 3. The lowest BCUT2D eigenvalue weighted by atomic mass is 10.0. The molecule has 132 valence electrons. The van der Waals surface area contributed by atoms with Crippen LogP contribution in [0.5, 0.6) is 0 Å². The summed E-state index contributed by atoms with van der Waals surface area (Å²) in [6, 6.07) is 13.2. The smallest absolute Gasteiger partial charge is 0.227 e. The molecule has 0 saturated carbocycles. The summed E-state index contributed by atoms with van der Waals surface area (Å²) in [7, 11) is 0. The maximum absolute atomic E-state index is 8.40. The Labute approximate surface area is 158 Å². The third kappa shape index (κ3) is 2.98. The topological polar surface area (TPSA) is 38.9 Å². The summed E-state index contributed by atoms with van der Waals surface area (Å²) in [5.41, 5.74) is 3.88. The van der Waals surface area contributed by atoms with Crippen LogP contribution in [0.4, 0.5) is 0 Å². The van der Waals surface area contributed by atoms with E-state index in [4.69, 9.17) is 8.53 Å². The molecule has 0 bridgehead atoms. The van der Waals surface area contributed by atoms with Crippen molar-refractivity contribution >= 4 is 22.1 Å². The molecule has 0 fully saturated rings. The van der Waals surface area contributed by atoms with Gasteiger partial charge in [0, 0.05) is 32.3 Å². The zero-order valence-electron chi connectivity index (χ0n) is 18.5. The van der Waals surface area contributed by atoms with Crippen molar-refractivity contribution < 1.29 is 8.53 Å². The summed E-state index contributed by atoms with van der Waals surface area (Å²) in [6.07, 6.45) is 0.195. The first-order valence-corrected chi connectivity index (χ1v) is 8.88. The molecule has 3 heterocycles. The molecule has 0 spiro atoms. The van der Waals surface area contributed by atoms with Crippen LogP contribution in [0.25, 0.3) is 33.3 Å². The second-order valence-electron chi connectivity index (χ2n) is 7.06. The number of pyridine rings is 2. The van der Waals surface area contributed by atoms with E-state index >= 15 is 0 Å². The number of hydrogen-bond donors (Lipinski definition) is 0. The second kappa shape index (κ2) is 6.56. The lowest BCUT2D eigenvalue weighted by Crippen LogP contribution is -1.95. The molecule has 0 aliphatic heterocycles. The fraction of sp³-hybridized carbons (Fsp3) is 0.304. The lowest BCUT2D eigenvalue weighted by Gasteiger charge is -2.07. The number of benzene rings is 1. The quantitative estimate of drug-likeness (QED) is 0.431. The Kier molecular flexibility index (Phi) is 3.41. The van der Waals surface area contributed by atoms with Crippen LogP contribution < -0.4 is 0 Å². The molecule has 4 aromatic rings. The van der Waals surface area contributed by atoms with Crippen molar-refractivity contribution in [3.8, 4) is 11.3 Å². The van der Waals surface area contributed by atoms with E-state index in [2.05, 4.69) is 9.97 Å². The van der Waals surface area contributed by atoms with E-state index in [1.165, 1.54) is 0 Å². The Morgan fingerprint density at radius 2 is 1.92 bits per heavy atom. The third-order valence-corrected chi connectivity index (χ3v) is 4.37. The molecule has 0 amide bonds. The first kappa shape index (κ1) is 13.5. The van der Waals surface area contributed by atoms with Gasteiger partial charge in [0.05, 0.1) is 5.69 Å². The Morgan fingerprint density at radius 1 is 1.08 bits per heavy atom. The summed E-state index contributed by atoms with van der Waals surface area (Å²) in [5.74, 6) is -0.968. The third-order valence-electron chi connectivity index (χ3n) is 4.37. The van der Waals surface area contributed by atoms with Gasteiger partial charge in [-0.05, 0) is 54.1 Å². The van der Waals surface area contributed by atoms with Crippen molar-refractivity contribution in [1.82, 2.24) is 9.97 Å². The molecular formula is C23H24N2O. The Hall–Kier alpha value is -2.68. The highest BCUT2D eigenvalue weighted by molar-refractivity contribution is 6.08. The maximum atomic E-state index is 8.40. The van der Waals surface area contributed by atoms with Crippen LogP contribution in [-0.2, 0) is 6.37 Å². The van der Waals surface area contributed by atoms with E-state index in [9.17, 15) is 0 Å². The minimum absolute atomic E-state index is 0.157. The second-order valence-corrected chi connectivity index (χ2v) is 7.06. The summed E-state index contributed by atoms with van der Waals surface area (Å²) in [5, 5.41) is 1.82. The molecule has 0 aliphatic rings.